The Morgan fingerprint density at radius 3 is 2.95 bits per heavy atom. The fourth-order valence-corrected chi connectivity index (χ4v) is 4.38. The van der Waals surface area contributed by atoms with Crippen molar-refractivity contribution in [1.82, 2.24) is 14.7 Å². The van der Waals surface area contributed by atoms with Gasteiger partial charge in [0.1, 0.15) is 0 Å². The average Bonchev–Trinajstić information content (AvgIpc) is 2.97. The van der Waals surface area contributed by atoms with Crippen molar-refractivity contribution in [3.63, 3.8) is 0 Å². The van der Waals surface area contributed by atoms with Gasteiger partial charge in [-0.3, -0.25) is 4.40 Å². The number of aryl methyl sites for hydroxylation is 2. The lowest BCUT2D eigenvalue weighted by molar-refractivity contribution is 0.679. The Kier molecular flexibility index (Phi) is 3.75. The van der Waals surface area contributed by atoms with Gasteiger partial charge in [-0.05, 0) is 35.8 Å². The third kappa shape index (κ3) is 2.76. The topological polar surface area (TPSA) is 29.3 Å². The molecular formula is C13H14BrN3S2. The number of rotatable bonds is 4. The summed E-state index contributed by atoms with van der Waals surface area (Å²) < 4.78 is 3.36. The van der Waals surface area contributed by atoms with Gasteiger partial charge in [0.05, 0.1) is 11.4 Å². The van der Waals surface area contributed by atoms with Crippen molar-refractivity contribution in [3.05, 3.63) is 43.3 Å². The molecule has 3 aromatic heterocycles. The Balaban J connectivity index is 1.72. The first-order valence-electron chi connectivity index (χ1n) is 6.01. The number of hydrogen-bond acceptors (Lipinski definition) is 4. The largest absolute Gasteiger partial charge is 0.306 e. The van der Waals surface area contributed by atoms with Gasteiger partial charge in [0, 0.05) is 38.9 Å². The van der Waals surface area contributed by atoms with Gasteiger partial charge in [-0.25, -0.2) is 4.98 Å². The van der Waals surface area contributed by atoms with E-state index in [1.807, 2.05) is 0 Å². The molecule has 3 heterocycles. The molecule has 0 unspecified atom stereocenters. The van der Waals surface area contributed by atoms with Crippen LogP contribution in [0.15, 0.2) is 22.1 Å². The summed E-state index contributed by atoms with van der Waals surface area (Å²) in [6.45, 7) is 5.94. The number of nitrogens with zero attached hydrogens (tertiary/aromatic N) is 2. The molecule has 0 fully saturated rings. The van der Waals surface area contributed by atoms with E-state index < -0.39 is 0 Å². The van der Waals surface area contributed by atoms with Crippen LogP contribution in [-0.2, 0) is 13.1 Å². The van der Waals surface area contributed by atoms with E-state index in [0.717, 1.165) is 28.2 Å². The van der Waals surface area contributed by atoms with Gasteiger partial charge in [-0.2, -0.15) is 0 Å². The maximum absolute atomic E-state index is 4.60. The molecule has 0 aromatic carbocycles. The van der Waals surface area contributed by atoms with Crippen molar-refractivity contribution in [2.24, 2.45) is 0 Å². The Morgan fingerprint density at radius 2 is 2.21 bits per heavy atom. The minimum absolute atomic E-state index is 0.846. The summed E-state index contributed by atoms with van der Waals surface area (Å²) in [5, 5.41) is 5.61. The quantitative estimate of drug-likeness (QED) is 0.762. The summed E-state index contributed by atoms with van der Waals surface area (Å²) in [7, 11) is 0. The third-order valence-corrected chi connectivity index (χ3v) is 5.55. The van der Waals surface area contributed by atoms with Gasteiger partial charge in [0.2, 0.25) is 0 Å². The van der Waals surface area contributed by atoms with Gasteiger partial charge < -0.3 is 5.32 Å². The molecule has 0 amide bonds. The molecular weight excluding hydrogens is 342 g/mol. The second-order valence-electron chi connectivity index (χ2n) is 4.47. The van der Waals surface area contributed by atoms with Crippen molar-refractivity contribution in [1.29, 1.82) is 0 Å². The summed E-state index contributed by atoms with van der Waals surface area (Å²) in [6.07, 6.45) is 2.17. The highest BCUT2D eigenvalue weighted by atomic mass is 79.9. The summed E-state index contributed by atoms with van der Waals surface area (Å²) in [6, 6.07) is 2.16. The first-order valence-corrected chi connectivity index (χ1v) is 8.50. The number of imidazole rings is 1. The van der Waals surface area contributed by atoms with Crippen LogP contribution in [0.2, 0.25) is 0 Å². The molecule has 0 atom stereocenters. The SMILES string of the molecule is Cc1cn2c(CNCc3cc(Br)cs3)c(C)nc2s1. The van der Waals surface area contributed by atoms with Crippen molar-refractivity contribution in [3.8, 4) is 0 Å². The molecule has 3 rings (SSSR count). The minimum Gasteiger partial charge on any atom is -0.306 e. The van der Waals surface area contributed by atoms with E-state index in [1.54, 1.807) is 22.7 Å². The summed E-state index contributed by atoms with van der Waals surface area (Å²) in [5.74, 6) is 0. The Hall–Kier alpha value is -0.690. The molecule has 0 saturated heterocycles. The average molecular weight is 356 g/mol. The zero-order chi connectivity index (χ0) is 13.4. The van der Waals surface area contributed by atoms with Crippen LogP contribution in [0.5, 0.6) is 0 Å². The first kappa shape index (κ1) is 13.3. The number of nitrogens with one attached hydrogen (secondary N) is 1. The number of hydrogen-bond donors (Lipinski definition) is 1. The number of aromatic nitrogens is 2. The molecule has 3 nitrogen and oxygen atoms in total. The Bertz CT molecular complexity index is 711. The normalized spacial score (nSPS) is 11.5. The van der Waals surface area contributed by atoms with Crippen LogP contribution in [0.25, 0.3) is 4.96 Å². The lowest BCUT2D eigenvalue weighted by Crippen LogP contribution is -2.13. The summed E-state index contributed by atoms with van der Waals surface area (Å²) in [5.41, 5.74) is 2.38. The van der Waals surface area contributed by atoms with Gasteiger partial charge >= 0.3 is 0 Å². The maximum Gasteiger partial charge on any atom is 0.194 e. The van der Waals surface area contributed by atoms with Crippen LogP contribution in [0.1, 0.15) is 21.1 Å². The van der Waals surface area contributed by atoms with E-state index in [0.29, 0.717) is 0 Å². The summed E-state index contributed by atoms with van der Waals surface area (Å²) >= 11 is 6.99. The van der Waals surface area contributed by atoms with Crippen molar-refractivity contribution >= 4 is 43.6 Å². The predicted molar refractivity (Wildman–Crippen MR) is 85.1 cm³/mol. The highest BCUT2D eigenvalue weighted by molar-refractivity contribution is 9.10. The van der Waals surface area contributed by atoms with Gasteiger partial charge in [0.25, 0.3) is 0 Å². The highest BCUT2D eigenvalue weighted by Gasteiger charge is 2.10. The monoisotopic (exact) mass is 355 g/mol. The molecule has 6 heteroatoms. The second-order valence-corrected chi connectivity index (χ2v) is 7.60. The highest BCUT2D eigenvalue weighted by Crippen LogP contribution is 2.22. The van der Waals surface area contributed by atoms with Crippen molar-refractivity contribution in [2.45, 2.75) is 26.9 Å². The lowest BCUT2D eigenvalue weighted by atomic mass is 10.3. The Labute approximate surface area is 128 Å². The molecule has 0 saturated carbocycles. The number of thiophene rings is 1. The third-order valence-electron chi connectivity index (χ3n) is 2.95. The van der Waals surface area contributed by atoms with Crippen molar-refractivity contribution in [2.75, 3.05) is 0 Å². The van der Waals surface area contributed by atoms with E-state index in [-0.39, 0.29) is 0 Å². The Morgan fingerprint density at radius 1 is 1.37 bits per heavy atom. The molecule has 100 valence electrons. The number of fused-ring (bicyclic) bond motifs is 1. The van der Waals surface area contributed by atoms with Gasteiger partial charge in [-0.1, -0.05) is 0 Å². The van der Waals surface area contributed by atoms with E-state index in [2.05, 4.69) is 62.1 Å². The molecule has 0 spiro atoms. The zero-order valence-electron chi connectivity index (χ0n) is 10.7. The molecule has 3 aromatic rings. The van der Waals surface area contributed by atoms with E-state index in [1.165, 1.54) is 15.4 Å². The smallest absolute Gasteiger partial charge is 0.194 e. The van der Waals surface area contributed by atoms with Crippen LogP contribution < -0.4 is 5.32 Å². The van der Waals surface area contributed by atoms with Crippen molar-refractivity contribution < 1.29 is 0 Å². The van der Waals surface area contributed by atoms with Gasteiger partial charge in [0.15, 0.2) is 4.96 Å². The lowest BCUT2D eigenvalue weighted by Gasteiger charge is -2.03. The van der Waals surface area contributed by atoms with Crippen LogP contribution in [0.4, 0.5) is 0 Å². The van der Waals surface area contributed by atoms with Crippen LogP contribution in [0, 0.1) is 13.8 Å². The predicted octanol–water partition coefficient (Wildman–Crippen LogP) is 4.13. The molecule has 0 aliphatic rings. The fraction of sp³-hybridized carbons (Fsp3) is 0.308. The fourth-order valence-electron chi connectivity index (χ4n) is 2.07. The first-order chi connectivity index (χ1) is 9.13. The van der Waals surface area contributed by atoms with Crippen LogP contribution in [-0.4, -0.2) is 9.38 Å². The minimum atomic E-state index is 0.846. The zero-order valence-corrected chi connectivity index (χ0v) is 14.0. The molecule has 19 heavy (non-hydrogen) atoms. The number of thiazole rings is 1. The van der Waals surface area contributed by atoms with Crippen LogP contribution >= 0.6 is 38.6 Å². The summed E-state index contributed by atoms with van der Waals surface area (Å²) in [4.78, 5) is 8.33. The molecule has 1 N–H and O–H groups in total. The standard InChI is InChI=1S/C13H14BrN3S2/c1-8-6-17-12(9(2)16-13(17)19-8)5-15-4-11-3-10(14)7-18-11/h3,6-7,15H,4-5H2,1-2H3. The molecule has 0 aliphatic heterocycles. The maximum atomic E-state index is 4.60. The van der Waals surface area contributed by atoms with Gasteiger partial charge in [-0.15, -0.1) is 22.7 Å². The number of halogens is 1. The van der Waals surface area contributed by atoms with E-state index in [9.17, 15) is 0 Å². The molecule has 0 bridgehead atoms. The second kappa shape index (κ2) is 5.36. The molecule has 0 aliphatic carbocycles. The van der Waals surface area contributed by atoms with Crippen LogP contribution in [0.3, 0.4) is 0 Å². The van der Waals surface area contributed by atoms with E-state index in [4.69, 9.17) is 0 Å². The van der Waals surface area contributed by atoms with E-state index >= 15 is 0 Å². The molecule has 0 radical (unpaired) electrons.